The van der Waals surface area contributed by atoms with Crippen LogP contribution in [0.25, 0.3) is 0 Å². The van der Waals surface area contributed by atoms with Crippen molar-refractivity contribution < 1.29 is 4.39 Å². The fraction of sp³-hybridized carbons (Fsp3) is 0.417. The van der Waals surface area contributed by atoms with E-state index < -0.39 is 5.82 Å². The lowest BCUT2D eigenvalue weighted by Gasteiger charge is -2.15. The zero-order valence-electron chi connectivity index (χ0n) is 9.46. The molecule has 0 radical (unpaired) electrons. The molecule has 1 aromatic rings. The summed E-state index contributed by atoms with van der Waals surface area (Å²) in [5.74, 6) is 1.53. The Hall–Kier alpha value is -1.21. The van der Waals surface area contributed by atoms with E-state index in [1.807, 2.05) is 24.8 Å². The van der Waals surface area contributed by atoms with Crippen LogP contribution in [0.15, 0.2) is 18.2 Å². The van der Waals surface area contributed by atoms with Crippen LogP contribution in [0.2, 0.25) is 0 Å². The second-order valence-electron chi connectivity index (χ2n) is 3.48. The fourth-order valence-corrected chi connectivity index (χ4v) is 2.03. The number of nitrogens with one attached hydrogen (secondary N) is 1. The van der Waals surface area contributed by atoms with Gasteiger partial charge >= 0.3 is 0 Å². The van der Waals surface area contributed by atoms with E-state index in [0.717, 1.165) is 11.5 Å². The third-order valence-electron chi connectivity index (χ3n) is 2.10. The van der Waals surface area contributed by atoms with Crippen molar-refractivity contribution in [1.82, 2.24) is 0 Å². The number of hydrogen-bond donors (Lipinski definition) is 1. The van der Waals surface area contributed by atoms with Gasteiger partial charge in [-0.3, -0.25) is 0 Å². The van der Waals surface area contributed by atoms with Crippen molar-refractivity contribution in [1.29, 1.82) is 5.26 Å². The smallest absolute Gasteiger partial charge is 0.143 e. The molecular formula is C12H15FN2S. The minimum atomic E-state index is -0.470. The first-order valence-electron chi connectivity index (χ1n) is 5.22. The number of nitrogens with zero attached hydrogens (tertiary/aromatic N) is 1. The second-order valence-corrected chi connectivity index (χ2v) is 4.80. The molecule has 0 fully saturated rings. The van der Waals surface area contributed by atoms with E-state index in [1.165, 1.54) is 6.07 Å². The quantitative estimate of drug-likeness (QED) is 0.855. The Balaban J connectivity index is 2.74. The predicted molar refractivity (Wildman–Crippen MR) is 67.2 cm³/mol. The average Bonchev–Trinajstić information content (AvgIpc) is 2.27. The molecule has 0 aromatic heterocycles. The van der Waals surface area contributed by atoms with Crippen LogP contribution in [-0.4, -0.2) is 17.5 Å². The maximum Gasteiger partial charge on any atom is 0.143 e. The van der Waals surface area contributed by atoms with E-state index in [2.05, 4.69) is 12.2 Å². The highest BCUT2D eigenvalue weighted by molar-refractivity contribution is 7.99. The highest BCUT2D eigenvalue weighted by Crippen LogP contribution is 2.19. The molecule has 86 valence electrons. The van der Waals surface area contributed by atoms with Crippen LogP contribution in [0.1, 0.15) is 19.4 Å². The van der Waals surface area contributed by atoms with Crippen molar-refractivity contribution in [2.75, 3.05) is 16.8 Å². The third-order valence-corrected chi connectivity index (χ3v) is 3.24. The Kier molecular flexibility index (Phi) is 5.13. The molecule has 0 aliphatic heterocycles. The first kappa shape index (κ1) is 12.9. The summed E-state index contributed by atoms with van der Waals surface area (Å²) in [5, 5.41) is 12.0. The molecular weight excluding hydrogens is 223 g/mol. The molecule has 0 amide bonds. The molecule has 1 atom stereocenters. The van der Waals surface area contributed by atoms with Gasteiger partial charge in [0.15, 0.2) is 0 Å². The summed E-state index contributed by atoms with van der Waals surface area (Å²) in [6.07, 6.45) is 0. The van der Waals surface area contributed by atoms with Crippen molar-refractivity contribution in [3.05, 3.63) is 29.6 Å². The Morgan fingerprint density at radius 2 is 2.31 bits per heavy atom. The van der Waals surface area contributed by atoms with E-state index in [9.17, 15) is 4.39 Å². The van der Waals surface area contributed by atoms with Crippen LogP contribution in [0.5, 0.6) is 0 Å². The number of nitriles is 1. The number of anilines is 1. The molecule has 1 unspecified atom stereocenters. The number of hydrogen-bond acceptors (Lipinski definition) is 3. The minimum absolute atomic E-state index is 0.0934. The van der Waals surface area contributed by atoms with Crippen molar-refractivity contribution >= 4 is 17.4 Å². The number of thioether (sulfide) groups is 1. The van der Waals surface area contributed by atoms with E-state index >= 15 is 0 Å². The van der Waals surface area contributed by atoms with Gasteiger partial charge in [0.2, 0.25) is 0 Å². The van der Waals surface area contributed by atoms with Crippen LogP contribution in [0.4, 0.5) is 10.1 Å². The Labute approximate surface area is 99.9 Å². The Bertz CT molecular complexity index is 387. The summed E-state index contributed by atoms with van der Waals surface area (Å²) >= 11 is 1.81. The molecule has 1 aromatic carbocycles. The van der Waals surface area contributed by atoms with E-state index in [1.54, 1.807) is 12.1 Å². The Morgan fingerprint density at radius 3 is 2.94 bits per heavy atom. The van der Waals surface area contributed by atoms with Gasteiger partial charge in [0, 0.05) is 11.8 Å². The molecule has 0 saturated carbocycles. The van der Waals surface area contributed by atoms with Gasteiger partial charge < -0.3 is 5.32 Å². The van der Waals surface area contributed by atoms with Crippen LogP contribution in [-0.2, 0) is 0 Å². The number of rotatable bonds is 5. The first-order chi connectivity index (χ1) is 7.69. The van der Waals surface area contributed by atoms with E-state index in [-0.39, 0.29) is 11.6 Å². The summed E-state index contributed by atoms with van der Waals surface area (Å²) in [4.78, 5) is 0. The molecule has 0 aliphatic rings. The lowest BCUT2D eigenvalue weighted by atomic mass is 10.1. The highest BCUT2D eigenvalue weighted by Gasteiger charge is 2.09. The molecule has 0 saturated heterocycles. The summed E-state index contributed by atoms with van der Waals surface area (Å²) in [7, 11) is 0. The maximum absolute atomic E-state index is 13.3. The topological polar surface area (TPSA) is 35.8 Å². The second kappa shape index (κ2) is 6.39. The number of halogens is 1. The van der Waals surface area contributed by atoms with Gasteiger partial charge in [0.05, 0.1) is 5.69 Å². The third kappa shape index (κ3) is 3.42. The minimum Gasteiger partial charge on any atom is -0.381 e. The SMILES string of the molecule is CCSCC(C)Nc1cccc(F)c1C#N. The van der Waals surface area contributed by atoms with E-state index in [0.29, 0.717) is 5.69 Å². The van der Waals surface area contributed by atoms with E-state index in [4.69, 9.17) is 5.26 Å². The van der Waals surface area contributed by atoms with Gasteiger partial charge in [-0.25, -0.2) is 4.39 Å². The molecule has 0 heterocycles. The normalized spacial score (nSPS) is 11.9. The highest BCUT2D eigenvalue weighted by atomic mass is 32.2. The molecule has 0 spiro atoms. The van der Waals surface area contributed by atoms with Crippen LogP contribution >= 0.6 is 11.8 Å². The molecule has 0 bridgehead atoms. The molecule has 2 nitrogen and oxygen atoms in total. The standard InChI is InChI=1S/C12H15FN2S/c1-3-16-8-9(2)15-12-6-4-5-11(13)10(12)7-14/h4-6,9,15H,3,8H2,1-2H3. The molecule has 1 N–H and O–H groups in total. The Morgan fingerprint density at radius 1 is 1.56 bits per heavy atom. The molecule has 0 aliphatic carbocycles. The monoisotopic (exact) mass is 238 g/mol. The summed E-state index contributed by atoms with van der Waals surface area (Å²) < 4.78 is 13.3. The van der Waals surface area contributed by atoms with Gasteiger partial charge in [-0.15, -0.1) is 0 Å². The molecule has 4 heteroatoms. The zero-order chi connectivity index (χ0) is 12.0. The van der Waals surface area contributed by atoms with Crippen molar-refractivity contribution in [2.24, 2.45) is 0 Å². The zero-order valence-corrected chi connectivity index (χ0v) is 10.3. The largest absolute Gasteiger partial charge is 0.381 e. The van der Waals surface area contributed by atoms with Gasteiger partial charge in [-0.05, 0) is 24.8 Å². The fourth-order valence-electron chi connectivity index (χ4n) is 1.36. The predicted octanol–water partition coefficient (Wildman–Crippen LogP) is 3.25. The molecule has 16 heavy (non-hydrogen) atoms. The van der Waals surface area contributed by atoms with Crippen molar-refractivity contribution in [2.45, 2.75) is 19.9 Å². The number of benzene rings is 1. The van der Waals surface area contributed by atoms with Gasteiger partial charge in [-0.1, -0.05) is 13.0 Å². The summed E-state index contributed by atoms with van der Waals surface area (Å²) in [6.45, 7) is 4.12. The first-order valence-corrected chi connectivity index (χ1v) is 6.37. The van der Waals surface area contributed by atoms with Crippen LogP contribution in [0.3, 0.4) is 0 Å². The average molecular weight is 238 g/mol. The maximum atomic E-state index is 13.3. The van der Waals surface area contributed by atoms with Crippen LogP contribution < -0.4 is 5.32 Å². The summed E-state index contributed by atoms with van der Waals surface area (Å²) in [5.41, 5.74) is 0.669. The molecule has 1 rings (SSSR count). The lowest BCUT2D eigenvalue weighted by Crippen LogP contribution is -2.19. The van der Waals surface area contributed by atoms with Crippen molar-refractivity contribution in [3.8, 4) is 6.07 Å². The van der Waals surface area contributed by atoms with Crippen molar-refractivity contribution in [3.63, 3.8) is 0 Å². The van der Waals surface area contributed by atoms with Gasteiger partial charge in [0.25, 0.3) is 0 Å². The van der Waals surface area contributed by atoms with Gasteiger partial charge in [0.1, 0.15) is 17.4 Å². The lowest BCUT2D eigenvalue weighted by molar-refractivity contribution is 0.624. The van der Waals surface area contributed by atoms with Gasteiger partial charge in [-0.2, -0.15) is 17.0 Å². The summed E-state index contributed by atoms with van der Waals surface area (Å²) in [6, 6.07) is 6.74. The van der Waals surface area contributed by atoms with Crippen LogP contribution in [0, 0.1) is 17.1 Å².